The van der Waals surface area contributed by atoms with Crippen LogP contribution in [0.4, 0.5) is 21.0 Å². The van der Waals surface area contributed by atoms with Crippen LogP contribution in [0.25, 0.3) is 0 Å². The summed E-state index contributed by atoms with van der Waals surface area (Å²) in [5.74, 6) is 0. The maximum absolute atomic E-state index is 11.8. The van der Waals surface area contributed by atoms with Gasteiger partial charge in [-0.3, -0.25) is 10.6 Å². The Balaban J connectivity index is 2.19. The van der Waals surface area contributed by atoms with E-state index in [-0.39, 0.29) is 0 Å². The molecule has 0 bridgehead atoms. The van der Waals surface area contributed by atoms with Gasteiger partial charge in [0.15, 0.2) is 0 Å². The third-order valence-electron chi connectivity index (χ3n) is 4.79. The van der Waals surface area contributed by atoms with Gasteiger partial charge < -0.3 is 19.3 Å². The number of nitrogens with zero attached hydrogens (tertiary/aromatic N) is 2. The number of carbonyl (C=O) groups excluding carboxylic acids is 2. The minimum absolute atomic E-state index is 0.392. The van der Waals surface area contributed by atoms with Gasteiger partial charge in [-0.05, 0) is 90.2 Å². The molecule has 0 heterocycles. The number of hydrogen-bond donors (Lipinski definition) is 2. The van der Waals surface area contributed by atoms with Crippen LogP contribution in [0.1, 0.15) is 39.5 Å². The number of hydrogen-bond acceptors (Lipinski definition) is 6. The van der Waals surface area contributed by atoms with E-state index in [1.54, 1.807) is 24.3 Å². The zero-order valence-electron chi connectivity index (χ0n) is 18.9. The average molecular weight is 423 g/mol. The van der Waals surface area contributed by atoms with Gasteiger partial charge in [0.2, 0.25) is 0 Å². The third-order valence-corrected chi connectivity index (χ3v) is 4.79. The van der Waals surface area contributed by atoms with Crippen LogP contribution < -0.4 is 10.6 Å². The van der Waals surface area contributed by atoms with Crippen LogP contribution >= 0.6 is 0 Å². The average Bonchev–Trinajstić information content (AvgIpc) is 2.74. The van der Waals surface area contributed by atoms with Crippen LogP contribution in [0, 0.1) is 0 Å². The van der Waals surface area contributed by atoms with Crippen molar-refractivity contribution in [3.8, 4) is 0 Å². The summed E-state index contributed by atoms with van der Waals surface area (Å²) in [6, 6.07) is 6.81. The van der Waals surface area contributed by atoms with Crippen LogP contribution in [-0.4, -0.2) is 75.5 Å². The van der Waals surface area contributed by atoms with E-state index in [2.05, 4.69) is 48.4 Å². The van der Waals surface area contributed by atoms with Crippen LogP contribution in [0.5, 0.6) is 0 Å². The topological polar surface area (TPSA) is 83.1 Å². The van der Waals surface area contributed by atoms with E-state index < -0.39 is 12.2 Å². The first kappa shape index (κ1) is 25.7. The molecule has 1 aromatic carbocycles. The lowest BCUT2D eigenvalue weighted by Crippen LogP contribution is -2.20. The lowest BCUT2D eigenvalue weighted by Gasteiger charge is -2.13. The smallest absolute Gasteiger partial charge is 0.411 e. The number of anilines is 2. The van der Waals surface area contributed by atoms with Gasteiger partial charge in [-0.2, -0.15) is 0 Å². The Morgan fingerprint density at radius 3 is 1.43 bits per heavy atom. The van der Waals surface area contributed by atoms with E-state index >= 15 is 0 Å². The molecule has 0 spiro atoms. The zero-order valence-corrected chi connectivity index (χ0v) is 18.9. The first-order chi connectivity index (χ1) is 14.4. The minimum Gasteiger partial charge on any atom is -0.449 e. The normalized spacial score (nSPS) is 10.9. The molecule has 170 valence electrons. The fourth-order valence-corrected chi connectivity index (χ4v) is 2.56. The highest BCUT2D eigenvalue weighted by Gasteiger charge is 2.06. The Hall–Kier alpha value is -2.32. The fourth-order valence-electron chi connectivity index (χ4n) is 2.56. The largest absolute Gasteiger partial charge is 0.449 e. The minimum atomic E-state index is -0.479. The lowest BCUT2D eigenvalue weighted by atomic mass is 10.3. The molecule has 1 aromatic rings. The molecule has 0 radical (unpaired) electrons. The van der Waals surface area contributed by atoms with Gasteiger partial charge in [-0.1, -0.05) is 13.8 Å². The standard InChI is InChI=1S/C22H38N4O4/c1-5-25(3)15-7-9-17-29-21(27)23-19-11-13-20(14-12-19)24-22(28)30-18-10-8-16-26(4)6-2/h11-14H,5-10,15-18H2,1-4H3,(H,23,27)(H,24,28). The maximum atomic E-state index is 11.8. The van der Waals surface area contributed by atoms with E-state index in [0.29, 0.717) is 24.6 Å². The van der Waals surface area contributed by atoms with Crippen molar-refractivity contribution in [2.75, 3.05) is 64.1 Å². The summed E-state index contributed by atoms with van der Waals surface area (Å²) >= 11 is 0. The predicted octanol–water partition coefficient (Wildman–Crippen LogP) is 4.25. The van der Waals surface area contributed by atoms with Gasteiger partial charge in [0.25, 0.3) is 0 Å². The van der Waals surface area contributed by atoms with Gasteiger partial charge in [0.1, 0.15) is 0 Å². The van der Waals surface area contributed by atoms with E-state index in [1.807, 2.05) is 0 Å². The van der Waals surface area contributed by atoms with Crippen LogP contribution in [0.15, 0.2) is 24.3 Å². The molecule has 8 nitrogen and oxygen atoms in total. The third kappa shape index (κ3) is 12.3. The molecule has 1 rings (SSSR count). The number of rotatable bonds is 14. The highest BCUT2D eigenvalue weighted by atomic mass is 16.6. The second-order valence-corrected chi connectivity index (χ2v) is 7.31. The molecule has 30 heavy (non-hydrogen) atoms. The zero-order chi connectivity index (χ0) is 22.2. The van der Waals surface area contributed by atoms with Gasteiger partial charge >= 0.3 is 12.2 Å². The van der Waals surface area contributed by atoms with E-state index in [1.165, 1.54) is 0 Å². The summed E-state index contributed by atoms with van der Waals surface area (Å²) in [5, 5.41) is 5.35. The quantitative estimate of drug-likeness (QED) is 0.436. The summed E-state index contributed by atoms with van der Waals surface area (Å²) in [6.45, 7) is 9.03. The Labute approximate surface area is 180 Å². The van der Waals surface area contributed by atoms with Crippen molar-refractivity contribution >= 4 is 23.6 Å². The van der Waals surface area contributed by atoms with Crippen molar-refractivity contribution in [1.82, 2.24) is 9.80 Å². The van der Waals surface area contributed by atoms with Crippen molar-refractivity contribution in [2.45, 2.75) is 39.5 Å². The number of nitrogens with one attached hydrogen (secondary N) is 2. The SMILES string of the molecule is CCN(C)CCCCOC(=O)Nc1ccc(NC(=O)OCCCCN(C)CC)cc1. The van der Waals surface area contributed by atoms with Crippen molar-refractivity contribution in [1.29, 1.82) is 0 Å². The number of unbranched alkanes of at least 4 members (excludes halogenated alkanes) is 2. The van der Waals surface area contributed by atoms with Gasteiger partial charge in [0, 0.05) is 11.4 Å². The summed E-state index contributed by atoms with van der Waals surface area (Å²) < 4.78 is 10.4. The molecule has 0 aromatic heterocycles. The van der Waals surface area contributed by atoms with Gasteiger partial charge in [0.05, 0.1) is 13.2 Å². The van der Waals surface area contributed by atoms with E-state index in [4.69, 9.17) is 9.47 Å². The number of carbonyl (C=O) groups is 2. The Bertz CT molecular complexity index is 557. The van der Waals surface area contributed by atoms with Crippen molar-refractivity contribution < 1.29 is 19.1 Å². The molecule has 8 heteroatoms. The highest BCUT2D eigenvalue weighted by molar-refractivity contribution is 5.87. The van der Waals surface area contributed by atoms with E-state index in [0.717, 1.165) is 51.9 Å². The van der Waals surface area contributed by atoms with Crippen LogP contribution in [-0.2, 0) is 9.47 Å². The molecular weight excluding hydrogens is 384 g/mol. The Morgan fingerprint density at radius 2 is 1.10 bits per heavy atom. The van der Waals surface area contributed by atoms with Gasteiger partial charge in [-0.15, -0.1) is 0 Å². The fraction of sp³-hybridized carbons (Fsp3) is 0.636. The van der Waals surface area contributed by atoms with Crippen molar-refractivity contribution in [2.24, 2.45) is 0 Å². The first-order valence-electron chi connectivity index (χ1n) is 10.8. The first-order valence-corrected chi connectivity index (χ1v) is 10.8. The lowest BCUT2D eigenvalue weighted by molar-refractivity contribution is 0.157. The highest BCUT2D eigenvalue weighted by Crippen LogP contribution is 2.14. The van der Waals surface area contributed by atoms with Crippen molar-refractivity contribution in [3.63, 3.8) is 0 Å². The van der Waals surface area contributed by atoms with Gasteiger partial charge in [-0.25, -0.2) is 9.59 Å². The molecule has 2 amide bonds. The van der Waals surface area contributed by atoms with E-state index in [9.17, 15) is 9.59 Å². The summed E-state index contributed by atoms with van der Waals surface area (Å²) in [6.07, 6.45) is 2.68. The molecule has 0 saturated heterocycles. The predicted molar refractivity (Wildman–Crippen MR) is 121 cm³/mol. The Morgan fingerprint density at radius 1 is 0.733 bits per heavy atom. The molecule has 2 N–H and O–H groups in total. The molecule has 0 atom stereocenters. The molecule has 0 aliphatic heterocycles. The molecular formula is C22H38N4O4. The maximum Gasteiger partial charge on any atom is 0.411 e. The summed E-state index contributed by atoms with van der Waals surface area (Å²) in [5.41, 5.74) is 1.20. The monoisotopic (exact) mass is 422 g/mol. The Kier molecular flexibility index (Phi) is 13.3. The number of benzene rings is 1. The van der Waals surface area contributed by atoms with Crippen LogP contribution in [0.2, 0.25) is 0 Å². The molecule has 0 saturated carbocycles. The second kappa shape index (κ2) is 15.5. The molecule has 0 unspecified atom stereocenters. The second-order valence-electron chi connectivity index (χ2n) is 7.31. The van der Waals surface area contributed by atoms with Crippen molar-refractivity contribution in [3.05, 3.63) is 24.3 Å². The summed E-state index contributed by atoms with van der Waals surface area (Å²) in [7, 11) is 4.14. The molecule has 0 aliphatic carbocycles. The summed E-state index contributed by atoms with van der Waals surface area (Å²) in [4.78, 5) is 28.1. The molecule has 0 fully saturated rings. The molecule has 0 aliphatic rings. The number of amides is 2. The number of ether oxygens (including phenoxy) is 2. The van der Waals surface area contributed by atoms with Crippen LogP contribution in [0.3, 0.4) is 0 Å².